The zero-order chi connectivity index (χ0) is 19.2. The van der Waals surface area contributed by atoms with Gasteiger partial charge >= 0.3 is 0 Å². The van der Waals surface area contributed by atoms with Gasteiger partial charge in [-0.1, -0.05) is 30.3 Å². The highest BCUT2D eigenvalue weighted by Crippen LogP contribution is 2.23. The van der Waals surface area contributed by atoms with E-state index in [0.29, 0.717) is 42.0 Å². The molecule has 1 fully saturated rings. The van der Waals surface area contributed by atoms with Crippen LogP contribution in [0.4, 0.5) is 11.6 Å². The van der Waals surface area contributed by atoms with Gasteiger partial charge in [0.05, 0.1) is 6.61 Å². The van der Waals surface area contributed by atoms with E-state index in [1.165, 1.54) is 5.56 Å². The van der Waals surface area contributed by atoms with Gasteiger partial charge in [0.2, 0.25) is 11.3 Å². The zero-order valence-corrected chi connectivity index (χ0v) is 16.0. The lowest BCUT2D eigenvalue weighted by Gasteiger charge is -2.17. The first-order valence-corrected chi connectivity index (χ1v) is 9.55. The quantitative estimate of drug-likeness (QED) is 0.537. The number of aromatic nitrogens is 4. The third-order valence-electron chi connectivity index (χ3n) is 4.89. The predicted octanol–water partition coefficient (Wildman–Crippen LogP) is 2.01. The Morgan fingerprint density at radius 1 is 1.11 bits per heavy atom. The first-order valence-electron chi connectivity index (χ1n) is 9.55. The van der Waals surface area contributed by atoms with Gasteiger partial charge in [0, 0.05) is 33.3 Å². The molecule has 0 spiro atoms. The van der Waals surface area contributed by atoms with Crippen LogP contribution in [0.5, 0.6) is 0 Å². The second kappa shape index (κ2) is 8.94. The van der Waals surface area contributed by atoms with E-state index >= 15 is 0 Å². The van der Waals surface area contributed by atoms with E-state index in [0.717, 1.165) is 32.6 Å². The summed E-state index contributed by atoms with van der Waals surface area (Å²) in [7, 11) is 1.67. The number of likely N-dealkylation sites (tertiary alicyclic amines) is 1. The number of nitrogens with one attached hydrogen (secondary N) is 2. The van der Waals surface area contributed by atoms with E-state index < -0.39 is 0 Å². The Bertz CT molecular complexity index is 886. The van der Waals surface area contributed by atoms with Crippen LogP contribution in [0.25, 0.3) is 11.3 Å². The van der Waals surface area contributed by atoms with E-state index in [4.69, 9.17) is 9.37 Å². The molecule has 3 aromatic rings. The highest BCUT2D eigenvalue weighted by Gasteiger charge is 2.23. The second-order valence-corrected chi connectivity index (χ2v) is 7.01. The van der Waals surface area contributed by atoms with Gasteiger partial charge in [0.1, 0.15) is 0 Å². The van der Waals surface area contributed by atoms with Crippen molar-refractivity contribution in [2.45, 2.75) is 13.0 Å². The highest BCUT2D eigenvalue weighted by molar-refractivity contribution is 5.73. The molecule has 1 aromatic carbocycles. The Balaban J connectivity index is 1.36. The molecule has 9 nitrogen and oxygen atoms in total. The maximum Gasteiger partial charge on any atom is 0.245 e. The fourth-order valence-corrected chi connectivity index (χ4v) is 3.46. The van der Waals surface area contributed by atoms with Gasteiger partial charge in [-0.2, -0.15) is 0 Å². The molecule has 148 valence electrons. The van der Waals surface area contributed by atoms with Crippen molar-refractivity contribution in [2.24, 2.45) is 5.92 Å². The van der Waals surface area contributed by atoms with Gasteiger partial charge in [0.25, 0.3) is 0 Å². The minimum Gasteiger partial charge on any atom is -0.383 e. The molecule has 1 atom stereocenters. The summed E-state index contributed by atoms with van der Waals surface area (Å²) in [6.07, 6.45) is 1.16. The van der Waals surface area contributed by atoms with Crippen LogP contribution in [-0.4, -0.2) is 65.1 Å². The lowest BCUT2D eigenvalue weighted by atomic mass is 10.1. The molecule has 0 bridgehead atoms. The number of fused-ring (bicyclic) bond motifs is 1. The van der Waals surface area contributed by atoms with Crippen molar-refractivity contribution in [2.75, 3.05) is 50.5 Å². The van der Waals surface area contributed by atoms with Crippen LogP contribution in [0, 0.1) is 5.92 Å². The molecule has 2 aromatic heterocycles. The fraction of sp³-hybridized carbons (Fsp3) is 0.474. The molecule has 1 aliphatic heterocycles. The van der Waals surface area contributed by atoms with Crippen LogP contribution >= 0.6 is 0 Å². The highest BCUT2D eigenvalue weighted by atomic mass is 16.6. The van der Waals surface area contributed by atoms with Crippen LogP contribution in [-0.2, 0) is 11.3 Å². The third-order valence-corrected chi connectivity index (χ3v) is 4.89. The summed E-state index contributed by atoms with van der Waals surface area (Å²) < 4.78 is 9.83. The van der Waals surface area contributed by atoms with Crippen molar-refractivity contribution < 1.29 is 9.37 Å². The summed E-state index contributed by atoms with van der Waals surface area (Å²) in [4.78, 5) is 11.5. The van der Waals surface area contributed by atoms with Gasteiger partial charge in [0.15, 0.2) is 11.6 Å². The topological polar surface area (TPSA) is 101 Å². The maximum atomic E-state index is 5.09. The molecule has 1 saturated heterocycles. The van der Waals surface area contributed by atoms with Crippen molar-refractivity contribution in [3.63, 3.8) is 0 Å². The Labute approximate surface area is 163 Å². The Morgan fingerprint density at radius 2 is 1.86 bits per heavy atom. The van der Waals surface area contributed by atoms with Crippen molar-refractivity contribution in [1.82, 2.24) is 25.2 Å². The molecule has 1 aliphatic rings. The molecule has 28 heavy (non-hydrogen) atoms. The first kappa shape index (κ1) is 18.6. The van der Waals surface area contributed by atoms with Crippen LogP contribution < -0.4 is 10.6 Å². The van der Waals surface area contributed by atoms with Crippen molar-refractivity contribution in [3.05, 3.63) is 35.9 Å². The average molecular weight is 383 g/mol. The number of rotatable bonds is 9. The van der Waals surface area contributed by atoms with Crippen LogP contribution in [0.1, 0.15) is 12.0 Å². The van der Waals surface area contributed by atoms with Crippen LogP contribution in [0.3, 0.4) is 0 Å². The van der Waals surface area contributed by atoms with E-state index in [2.05, 4.69) is 66.1 Å². The lowest BCUT2D eigenvalue weighted by Crippen LogP contribution is -2.23. The molecular weight excluding hydrogens is 358 g/mol. The van der Waals surface area contributed by atoms with E-state index in [-0.39, 0.29) is 0 Å². The smallest absolute Gasteiger partial charge is 0.245 e. The molecule has 0 saturated carbocycles. The number of ether oxygens (including phenoxy) is 1. The van der Waals surface area contributed by atoms with Crippen LogP contribution in [0.15, 0.2) is 35.0 Å². The van der Waals surface area contributed by atoms with E-state index in [9.17, 15) is 0 Å². The Morgan fingerprint density at radius 3 is 2.61 bits per heavy atom. The van der Waals surface area contributed by atoms with Crippen LogP contribution in [0.2, 0.25) is 0 Å². The minimum absolute atomic E-state index is 0.389. The minimum atomic E-state index is 0.389. The largest absolute Gasteiger partial charge is 0.383 e. The van der Waals surface area contributed by atoms with Gasteiger partial charge in [-0.05, 0) is 34.8 Å². The number of hydrogen-bond donors (Lipinski definition) is 2. The number of hydrogen-bond acceptors (Lipinski definition) is 9. The third kappa shape index (κ3) is 4.55. The first-order chi connectivity index (χ1) is 13.8. The van der Waals surface area contributed by atoms with Gasteiger partial charge in [-0.3, -0.25) is 4.90 Å². The molecule has 0 radical (unpaired) electrons. The van der Waals surface area contributed by atoms with E-state index in [1.807, 2.05) is 0 Å². The maximum absolute atomic E-state index is 5.09. The molecule has 4 rings (SSSR count). The number of benzene rings is 1. The van der Waals surface area contributed by atoms with Crippen molar-refractivity contribution >= 4 is 22.9 Å². The van der Waals surface area contributed by atoms with Gasteiger partial charge in [-0.25, -0.2) is 14.6 Å². The standard InChI is InChI=1S/C19H25N7O2/c1-27-10-8-20-16-17(23-19-18(22-16)24-28-25-19)21-11-15-7-9-26(13-15)12-14-5-3-2-4-6-14/h2-6,15H,7-13H2,1H3,(H,20,22,24)(H,21,23,25). The summed E-state index contributed by atoms with van der Waals surface area (Å²) in [5, 5.41) is 14.2. The van der Waals surface area contributed by atoms with E-state index in [1.54, 1.807) is 7.11 Å². The van der Waals surface area contributed by atoms with Gasteiger partial charge < -0.3 is 15.4 Å². The van der Waals surface area contributed by atoms with Gasteiger partial charge in [-0.15, -0.1) is 0 Å². The summed E-state index contributed by atoms with van der Waals surface area (Å²) >= 11 is 0. The summed E-state index contributed by atoms with van der Waals surface area (Å²) in [5.74, 6) is 1.86. The SMILES string of the molecule is COCCNc1nc2nonc2nc1NCC1CCN(Cc2ccccc2)C1. The van der Waals surface area contributed by atoms with Crippen molar-refractivity contribution in [3.8, 4) is 0 Å². The molecule has 0 aliphatic carbocycles. The molecular formula is C19H25N7O2. The Hall–Kier alpha value is -2.78. The fourth-order valence-electron chi connectivity index (χ4n) is 3.46. The monoisotopic (exact) mass is 383 g/mol. The number of nitrogens with zero attached hydrogens (tertiary/aromatic N) is 5. The second-order valence-electron chi connectivity index (χ2n) is 7.01. The molecule has 9 heteroatoms. The summed E-state index contributed by atoms with van der Waals surface area (Å²) in [5.41, 5.74) is 2.15. The molecule has 1 unspecified atom stereocenters. The molecule has 0 amide bonds. The average Bonchev–Trinajstić information content (AvgIpc) is 3.36. The summed E-state index contributed by atoms with van der Waals surface area (Å²) in [6, 6.07) is 10.6. The number of methoxy groups -OCH3 is 1. The summed E-state index contributed by atoms with van der Waals surface area (Å²) in [6.45, 7) is 5.21. The Kier molecular flexibility index (Phi) is 5.93. The lowest BCUT2D eigenvalue weighted by molar-refractivity contribution is 0.210. The predicted molar refractivity (Wildman–Crippen MR) is 106 cm³/mol. The zero-order valence-electron chi connectivity index (χ0n) is 16.0. The normalized spacial score (nSPS) is 17.2. The van der Waals surface area contributed by atoms with Crippen molar-refractivity contribution in [1.29, 1.82) is 0 Å². The molecule has 2 N–H and O–H groups in total. The number of anilines is 2. The molecule has 3 heterocycles.